The maximum Gasteiger partial charge on any atom is 0.345 e. The fourth-order valence-electron chi connectivity index (χ4n) is 1.96. The molecule has 1 aromatic carbocycles. The number of furan rings is 1. The number of primary sulfonamides is 1. The number of ether oxygens (including phenoxy) is 1. The van der Waals surface area contributed by atoms with Crippen LogP contribution in [0.25, 0.3) is 0 Å². The van der Waals surface area contributed by atoms with E-state index in [1.54, 1.807) is 19.1 Å². The summed E-state index contributed by atoms with van der Waals surface area (Å²) in [5.74, 6) is -0.177. The summed E-state index contributed by atoms with van der Waals surface area (Å²) >= 11 is 6.00. The van der Waals surface area contributed by atoms with E-state index in [1.165, 1.54) is 18.4 Å². The van der Waals surface area contributed by atoms with Gasteiger partial charge < -0.3 is 14.5 Å². The number of benzene rings is 1. The molecular weight excluding hydrogens is 380 g/mol. The number of hydrogen-bond donors (Lipinski definition) is 2. The van der Waals surface area contributed by atoms with E-state index in [9.17, 15) is 13.2 Å². The van der Waals surface area contributed by atoms with Crippen LogP contribution in [0.1, 0.15) is 23.0 Å². The first-order valence-electron chi connectivity index (χ1n) is 7.34. The first-order chi connectivity index (χ1) is 12.2. The lowest BCUT2D eigenvalue weighted by molar-refractivity contribution is 0.0663. The molecule has 0 radical (unpaired) electrons. The van der Waals surface area contributed by atoms with Crippen molar-refractivity contribution in [2.75, 3.05) is 5.32 Å². The second kappa shape index (κ2) is 8.22. The Morgan fingerprint density at radius 2 is 2.19 bits per heavy atom. The smallest absolute Gasteiger partial charge is 0.345 e. The number of carbonyl (C=O) groups excluding carboxylic acids is 1. The molecule has 0 atom stereocenters. The van der Waals surface area contributed by atoms with Gasteiger partial charge in [0.15, 0.2) is 0 Å². The molecular formula is C17H17ClN2O5S. The predicted molar refractivity (Wildman–Crippen MR) is 98.2 cm³/mol. The van der Waals surface area contributed by atoms with Crippen LogP contribution in [0.15, 0.2) is 64.3 Å². The van der Waals surface area contributed by atoms with Crippen molar-refractivity contribution in [2.45, 2.75) is 18.4 Å². The lowest BCUT2D eigenvalue weighted by Crippen LogP contribution is -2.15. The summed E-state index contributed by atoms with van der Waals surface area (Å²) in [7, 11) is -4.12. The normalized spacial score (nSPS) is 11.5. The summed E-state index contributed by atoms with van der Waals surface area (Å²) in [6.45, 7) is 5.62. The molecule has 138 valence electrons. The largest absolute Gasteiger partial charge is 0.467 e. The number of rotatable bonds is 7. The van der Waals surface area contributed by atoms with Gasteiger partial charge in [-0.05, 0) is 37.3 Å². The minimum Gasteiger partial charge on any atom is -0.467 e. The number of allylic oxidation sites excluding steroid dienone is 2. The van der Waals surface area contributed by atoms with E-state index in [4.69, 9.17) is 25.9 Å². The second-order valence-electron chi connectivity index (χ2n) is 5.36. The lowest BCUT2D eigenvalue weighted by atomic mass is 10.1. The van der Waals surface area contributed by atoms with Crippen molar-refractivity contribution >= 4 is 33.3 Å². The van der Waals surface area contributed by atoms with Crippen molar-refractivity contribution in [3.63, 3.8) is 0 Å². The zero-order chi connectivity index (χ0) is 19.3. The van der Waals surface area contributed by atoms with Crippen molar-refractivity contribution < 1.29 is 22.4 Å². The van der Waals surface area contributed by atoms with E-state index >= 15 is 0 Å². The average Bonchev–Trinajstić information content (AvgIpc) is 3.04. The number of carbonyl (C=O) groups is 1. The number of halogens is 1. The third-order valence-corrected chi connectivity index (χ3v) is 4.53. The van der Waals surface area contributed by atoms with E-state index < -0.39 is 16.0 Å². The van der Waals surface area contributed by atoms with Crippen LogP contribution in [-0.4, -0.2) is 14.4 Å². The Kier molecular flexibility index (Phi) is 6.25. The van der Waals surface area contributed by atoms with Crippen molar-refractivity contribution in [1.29, 1.82) is 0 Å². The summed E-state index contributed by atoms with van der Waals surface area (Å²) in [5, 5.41) is 7.98. The first kappa shape index (κ1) is 19.8. The fourth-order valence-corrected chi connectivity index (χ4v) is 3.06. The molecule has 0 amide bonds. The monoisotopic (exact) mass is 396 g/mol. The molecule has 0 aliphatic carbocycles. The molecule has 0 fully saturated rings. The van der Waals surface area contributed by atoms with Gasteiger partial charge in [0.25, 0.3) is 0 Å². The molecule has 0 aliphatic heterocycles. The van der Waals surface area contributed by atoms with E-state index in [0.717, 1.165) is 12.3 Å². The molecule has 9 heteroatoms. The number of sulfonamides is 1. The summed E-state index contributed by atoms with van der Waals surface area (Å²) in [6, 6.07) is 5.81. The molecule has 3 N–H and O–H groups in total. The van der Waals surface area contributed by atoms with Gasteiger partial charge in [0.1, 0.15) is 10.7 Å². The molecule has 0 spiro atoms. The quantitative estimate of drug-likeness (QED) is 0.421. The molecule has 0 bridgehead atoms. The highest BCUT2D eigenvalue weighted by Gasteiger charge is 2.21. The summed E-state index contributed by atoms with van der Waals surface area (Å²) in [4.78, 5) is 12.0. The molecule has 1 heterocycles. The summed E-state index contributed by atoms with van der Waals surface area (Å²) in [5.41, 5.74) is 0.902. The van der Waals surface area contributed by atoms with Gasteiger partial charge in [-0.2, -0.15) is 0 Å². The van der Waals surface area contributed by atoms with Gasteiger partial charge in [-0.1, -0.05) is 23.8 Å². The van der Waals surface area contributed by atoms with Crippen molar-refractivity contribution in [1.82, 2.24) is 0 Å². The molecule has 0 saturated heterocycles. The topological polar surface area (TPSA) is 112 Å². The summed E-state index contributed by atoms with van der Waals surface area (Å²) in [6.07, 6.45) is 4.15. The Bertz CT molecular complexity index is 950. The molecule has 0 saturated carbocycles. The Balaban J connectivity index is 2.39. The van der Waals surface area contributed by atoms with Crippen LogP contribution in [-0.2, 0) is 21.3 Å². The highest BCUT2D eigenvalue weighted by molar-refractivity contribution is 7.89. The minimum atomic E-state index is -4.12. The maximum absolute atomic E-state index is 12.4. The van der Waals surface area contributed by atoms with Crippen LogP contribution in [0.2, 0.25) is 5.02 Å². The number of nitrogens with one attached hydrogen (secondary N) is 1. The highest BCUT2D eigenvalue weighted by Crippen LogP contribution is 2.29. The van der Waals surface area contributed by atoms with Crippen LogP contribution in [0.4, 0.5) is 5.69 Å². The van der Waals surface area contributed by atoms with Gasteiger partial charge in [0.05, 0.1) is 35.3 Å². The SMILES string of the molecule is C=C(C)C=COC(=O)c1cc(S(N)(=O)=O)c(Cl)cc1NCc1ccco1. The van der Waals surface area contributed by atoms with Gasteiger partial charge in [0.2, 0.25) is 10.0 Å². The first-order valence-corrected chi connectivity index (χ1v) is 9.26. The van der Waals surface area contributed by atoms with E-state index in [2.05, 4.69) is 11.9 Å². The van der Waals surface area contributed by atoms with Crippen LogP contribution in [0.3, 0.4) is 0 Å². The Morgan fingerprint density at radius 3 is 2.77 bits per heavy atom. The standard InChI is InChI=1S/C17H17ClN2O5S/c1-11(2)5-7-25-17(21)13-8-16(26(19,22)23)14(18)9-15(13)20-10-12-4-3-6-24-12/h3-9,20H,1,10H2,2H3,(H2,19,22,23). The van der Waals surface area contributed by atoms with Gasteiger partial charge in [-0.25, -0.2) is 18.4 Å². The Hall–Kier alpha value is -2.55. The molecule has 2 rings (SSSR count). The average molecular weight is 397 g/mol. The van der Waals surface area contributed by atoms with Gasteiger partial charge in [-0.3, -0.25) is 0 Å². The van der Waals surface area contributed by atoms with Gasteiger partial charge in [0, 0.05) is 0 Å². The van der Waals surface area contributed by atoms with Crippen molar-refractivity contribution in [3.8, 4) is 0 Å². The molecule has 1 aromatic heterocycles. The van der Waals surface area contributed by atoms with Gasteiger partial charge >= 0.3 is 5.97 Å². The van der Waals surface area contributed by atoms with Crippen molar-refractivity contribution in [3.05, 3.63) is 71.4 Å². The minimum absolute atomic E-state index is 0.0450. The van der Waals surface area contributed by atoms with Crippen LogP contribution in [0, 0.1) is 0 Å². The molecule has 26 heavy (non-hydrogen) atoms. The molecule has 2 aromatic rings. The highest BCUT2D eigenvalue weighted by atomic mass is 35.5. The number of nitrogens with two attached hydrogens (primary N) is 1. The zero-order valence-electron chi connectivity index (χ0n) is 13.9. The van der Waals surface area contributed by atoms with Crippen LogP contribution < -0.4 is 10.5 Å². The Morgan fingerprint density at radius 1 is 1.46 bits per heavy atom. The summed E-state index contributed by atoms with van der Waals surface area (Å²) < 4.78 is 33.5. The number of esters is 1. The number of anilines is 1. The number of hydrogen-bond acceptors (Lipinski definition) is 6. The van der Waals surface area contributed by atoms with E-state index in [-0.39, 0.29) is 27.7 Å². The van der Waals surface area contributed by atoms with E-state index in [0.29, 0.717) is 11.3 Å². The van der Waals surface area contributed by atoms with E-state index in [1.807, 2.05) is 0 Å². The third kappa shape index (κ3) is 5.22. The fraction of sp³-hybridized carbons (Fsp3) is 0.118. The van der Waals surface area contributed by atoms with Gasteiger partial charge in [-0.15, -0.1) is 0 Å². The van der Waals surface area contributed by atoms with Crippen LogP contribution in [0.5, 0.6) is 0 Å². The van der Waals surface area contributed by atoms with Crippen LogP contribution >= 0.6 is 11.6 Å². The van der Waals surface area contributed by atoms with Crippen molar-refractivity contribution in [2.24, 2.45) is 5.14 Å². The zero-order valence-corrected chi connectivity index (χ0v) is 15.4. The maximum atomic E-state index is 12.4. The molecule has 0 aliphatic rings. The lowest BCUT2D eigenvalue weighted by Gasteiger charge is -2.13. The molecule has 0 unspecified atom stereocenters. The Labute approximate surface area is 156 Å². The predicted octanol–water partition coefficient (Wildman–Crippen LogP) is 3.44. The molecule has 7 nitrogen and oxygen atoms in total. The second-order valence-corrected chi connectivity index (χ2v) is 7.30. The third-order valence-electron chi connectivity index (χ3n) is 3.16.